The van der Waals surface area contributed by atoms with E-state index in [0.29, 0.717) is 5.56 Å². The van der Waals surface area contributed by atoms with Gasteiger partial charge in [0.15, 0.2) is 0 Å². The van der Waals surface area contributed by atoms with Crippen molar-refractivity contribution < 1.29 is 9.53 Å². The Morgan fingerprint density at radius 2 is 2.19 bits per heavy atom. The fraction of sp³-hybridized carbons (Fsp3) is 0.273. The minimum absolute atomic E-state index is 0.323. The first-order valence-corrected chi connectivity index (χ1v) is 5.39. The van der Waals surface area contributed by atoms with Gasteiger partial charge < -0.3 is 9.07 Å². The largest absolute Gasteiger partial charge is 0.465 e. The molecule has 0 aliphatic heterocycles. The van der Waals surface area contributed by atoms with Crippen molar-refractivity contribution in [3.63, 3.8) is 0 Å². The van der Waals surface area contributed by atoms with Crippen LogP contribution >= 0.6 is 9.39 Å². The van der Waals surface area contributed by atoms with Crippen LogP contribution in [0.5, 0.6) is 0 Å². The number of aryl methyl sites for hydroxylation is 1. The highest BCUT2D eigenvalue weighted by atomic mass is 31.0. The average Bonchev–Trinajstić information content (AvgIpc) is 2.51. The van der Waals surface area contributed by atoms with Crippen LogP contribution in [0.25, 0.3) is 11.0 Å². The van der Waals surface area contributed by atoms with E-state index in [1.165, 1.54) is 7.11 Å². The summed E-state index contributed by atoms with van der Waals surface area (Å²) in [7, 11) is 3.94. The lowest BCUT2D eigenvalue weighted by molar-refractivity contribution is 0.0602. The van der Waals surface area contributed by atoms with E-state index in [0.717, 1.165) is 22.3 Å². The second-order valence-electron chi connectivity index (χ2n) is 3.71. The molecule has 0 radical (unpaired) electrons. The van der Waals surface area contributed by atoms with E-state index in [9.17, 15) is 4.79 Å². The van der Waals surface area contributed by atoms with E-state index >= 15 is 0 Å². The lowest BCUT2D eigenvalue weighted by Gasteiger charge is -1.99. The molecule has 2 aromatic heterocycles. The molecular weight excluding hydrogens is 223 g/mol. The van der Waals surface area contributed by atoms with E-state index in [4.69, 9.17) is 4.74 Å². The molecule has 0 saturated heterocycles. The Bertz CT molecular complexity index is 575. The van der Waals surface area contributed by atoms with Crippen LogP contribution in [0, 0.1) is 13.8 Å². The molecule has 0 fully saturated rings. The lowest BCUT2D eigenvalue weighted by atomic mass is 10.1. The van der Waals surface area contributed by atoms with Gasteiger partial charge in [0, 0.05) is 17.3 Å². The van der Waals surface area contributed by atoms with Gasteiger partial charge in [0.05, 0.1) is 12.7 Å². The molecule has 0 saturated carbocycles. The summed E-state index contributed by atoms with van der Waals surface area (Å²) in [6, 6.07) is 1.95. The molecule has 0 amide bonds. The standard InChI is InChI=1S/C11H13N2O2P/c1-6-4-8-9(11(14)15-3)7(2)13(16)10(8)12-5-6/h4-5H,16H2,1-3H3. The fourth-order valence-corrected chi connectivity index (χ4v) is 2.11. The van der Waals surface area contributed by atoms with Gasteiger partial charge in [-0.3, -0.25) is 0 Å². The molecule has 5 heteroatoms. The molecular formula is C11H13N2O2P. The van der Waals surface area contributed by atoms with Crippen LogP contribution in [-0.4, -0.2) is 22.4 Å². The number of hydrogen-bond donors (Lipinski definition) is 0. The maximum absolute atomic E-state index is 11.7. The Balaban J connectivity index is 2.85. The molecule has 0 N–H and O–H groups in total. The number of aromatic nitrogens is 2. The topological polar surface area (TPSA) is 44.1 Å². The van der Waals surface area contributed by atoms with Crippen LogP contribution in [0.3, 0.4) is 0 Å². The zero-order valence-electron chi connectivity index (χ0n) is 9.44. The second kappa shape index (κ2) is 3.87. The SMILES string of the molecule is COC(=O)c1c(C)n(P)c2ncc(C)cc12. The quantitative estimate of drug-likeness (QED) is 0.562. The minimum Gasteiger partial charge on any atom is -0.465 e. The highest BCUT2D eigenvalue weighted by molar-refractivity contribution is 7.15. The lowest BCUT2D eigenvalue weighted by Crippen LogP contribution is -2.02. The summed E-state index contributed by atoms with van der Waals surface area (Å²) in [6.07, 6.45) is 1.78. The normalized spacial score (nSPS) is 10.8. The van der Waals surface area contributed by atoms with Gasteiger partial charge in [-0.15, -0.1) is 0 Å². The van der Waals surface area contributed by atoms with Crippen molar-refractivity contribution in [1.29, 1.82) is 0 Å². The number of ether oxygens (including phenoxy) is 1. The van der Waals surface area contributed by atoms with Gasteiger partial charge in [-0.2, -0.15) is 0 Å². The minimum atomic E-state index is -0.323. The number of rotatable bonds is 1. The average molecular weight is 236 g/mol. The van der Waals surface area contributed by atoms with E-state index in [-0.39, 0.29) is 5.97 Å². The summed E-state index contributed by atoms with van der Waals surface area (Å²) >= 11 is 0. The predicted molar refractivity (Wildman–Crippen MR) is 65.7 cm³/mol. The Hall–Kier alpha value is -1.41. The molecule has 1 atom stereocenters. The molecule has 4 nitrogen and oxygen atoms in total. The van der Waals surface area contributed by atoms with Gasteiger partial charge in [-0.25, -0.2) is 9.78 Å². The Morgan fingerprint density at radius 1 is 1.50 bits per heavy atom. The highest BCUT2D eigenvalue weighted by Gasteiger charge is 2.19. The van der Waals surface area contributed by atoms with Crippen LogP contribution in [-0.2, 0) is 4.74 Å². The predicted octanol–water partition coefficient (Wildman–Crippen LogP) is 2.08. The van der Waals surface area contributed by atoms with Crippen molar-refractivity contribution in [1.82, 2.24) is 9.32 Å². The molecule has 0 spiro atoms. The first-order chi connectivity index (χ1) is 7.56. The van der Waals surface area contributed by atoms with Crippen LogP contribution in [0.15, 0.2) is 12.3 Å². The van der Waals surface area contributed by atoms with E-state index < -0.39 is 0 Å². The van der Waals surface area contributed by atoms with Gasteiger partial charge in [-0.05, 0) is 34.9 Å². The molecule has 1 unspecified atom stereocenters. The molecule has 2 rings (SSSR count). The van der Waals surface area contributed by atoms with Gasteiger partial charge in [0.1, 0.15) is 5.65 Å². The summed E-state index contributed by atoms with van der Waals surface area (Å²) < 4.78 is 6.61. The van der Waals surface area contributed by atoms with Crippen molar-refractivity contribution in [3.8, 4) is 0 Å². The van der Waals surface area contributed by atoms with E-state index in [2.05, 4.69) is 14.4 Å². The number of pyridine rings is 1. The first-order valence-electron chi connectivity index (χ1n) is 4.87. The maximum Gasteiger partial charge on any atom is 0.340 e. The molecule has 2 aromatic rings. The van der Waals surface area contributed by atoms with Crippen molar-refractivity contribution >= 4 is 26.4 Å². The van der Waals surface area contributed by atoms with Crippen molar-refractivity contribution in [2.24, 2.45) is 0 Å². The summed E-state index contributed by atoms with van der Waals surface area (Å²) in [4.78, 5) is 16.0. The Kier molecular flexibility index (Phi) is 2.68. The van der Waals surface area contributed by atoms with Crippen molar-refractivity contribution in [2.75, 3.05) is 7.11 Å². The van der Waals surface area contributed by atoms with Gasteiger partial charge in [0.25, 0.3) is 0 Å². The fourth-order valence-electron chi connectivity index (χ4n) is 1.77. The third kappa shape index (κ3) is 1.50. The van der Waals surface area contributed by atoms with Crippen LogP contribution in [0.2, 0.25) is 0 Å². The summed E-state index contributed by atoms with van der Waals surface area (Å²) in [6.45, 7) is 3.82. The van der Waals surface area contributed by atoms with E-state index in [1.807, 2.05) is 24.3 Å². The third-order valence-corrected chi connectivity index (χ3v) is 3.25. The first kappa shape index (κ1) is 11.1. The van der Waals surface area contributed by atoms with E-state index in [1.54, 1.807) is 6.20 Å². The monoisotopic (exact) mass is 236 g/mol. The van der Waals surface area contributed by atoms with Crippen molar-refractivity contribution in [2.45, 2.75) is 13.8 Å². The zero-order valence-corrected chi connectivity index (χ0v) is 10.6. The number of nitrogens with zero attached hydrogens (tertiary/aromatic N) is 2. The molecule has 84 valence electrons. The van der Waals surface area contributed by atoms with Crippen LogP contribution in [0.1, 0.15) is 21.6 Å². The molecule has 0 aromatic carbocycles. The Labute approximate surface area is 95.9 Å². The van der Waals surface area contributed by atoms with Gasteiger partial charge in [0.2, 0.25) is 0 Å². The highest BCUT2D eigenvalue weighted by Crippen LogP contribution is 2.27. The third-order valence-electron chi connectivity index (χ3n) is 2.61. The number of hydrogen-bond acceptors (Lipinski definition) is 3. The molecule has 16 heavy (non-hydrogen) atoms. The number of methoxy groups -OCH3 is 1. The summed E-state index contributed by atoms with van der Waals surface area (Å²) in [5.41, 5.74) is 3.22. The Morgan fingerprint density at radius 3 is 2.81 bits per heavy atom. The summed E-state index contributed by atoms with van der Waals surface area (Å²) in [5, 5.41) is 0.833. The number of esters is 1. The van der Waals surface area contributed by atoms with Gasteiger partial charge in [-0.1, -0.05) is 0 Å². The molecule has 0 aliphatic rings. The van der Waals surface area contributed by atoms with Gasteiger partial charge >= 0.3 is 5.97 Å². The van der Waals surface area contributed by atoms with Crippen LogP contribution < -0.4 is 0 Å². The number of carbonyl (C=O) groups excluding carboxylic acids is 1. The molecule has 0 bridgehead atoms. The molecule has 0 aliphatic carbocycles. The number of fused-ring (bicyclic) bond motifs is 1. The maximum atomic E-state index is 11.7. The second-order valence-corrected chi connectivity index (χ2v) is 4.22. The molecule has 2 heterocycles. The van der Waals surface area contributed by atoms with Crippen LogP contribution in [0.4, 0.5) is 0 Å². The summed E-state index contributed by atoms with van der Waals surface area (Å²) in [5.74, 6) is -0.323. The smallest absolute Gasteiger partial charge is 0.340 e. The number of carbonyl (C=O) groups is 1. The van der Waals surface area contributed by atoms with Crippen molar-refractivity contribution in [3.05, 3.63) is 29.1 Å². The zero-order chi connectivity index (χ0) is 11.9.